The largest absolute Gasteiger partial charge is 0.376 e. The van der Waals surface area contributed by atoms with Crippen molar-refractivity contribution in [2.24, 2.45) is 0 Å². The highest BCUT2D eigenvalue weighted by Gasteiger charge is 2.18. The number of carbonyl (C=O) groups is 2. The Bertz CT molecular complexity index is 857. The molecule has 2 aromatic rings. The Hall–Kier alpha value is -2.93. The summed E-state index contributed by atoms with van der Waals surface area (Å²) in [6.45, 7) is 3.38. The lowest BCUT2D eigenvalue weighted by Gasteiger charge is -2.17. The van der Waals surface area contributed by atoms with Crippen molar-refractivity contribution in [3.63, 3.8) is 0 Å². The molecule has 152 valence electrons. The lowest BCUT2D eigenvalue weighted by atomic mass is 10.1. The number of nitrogens with one attached hydrogen (secondary N) is 2. The quantitative estimate of drug-likeness (QED) is 0.787. The van der Waals surface area contributed by atoms with Crippen LogP contribution in [-0.4, -0.2) is 49.1 Å². The molecule has 3 heterocycles. The lowest BCUT2D eigenvalue weighted by Crippen LogP contribution is -2.32. The monoisotopic (exact) mass is 394 g/mol. The van der Waals surface area contributed by atoms with Crippen LogP contribution >= 0.6 is 0 Å². The average Bonchev–Trinajstić information content (AvgIpc) is 3.47. The van der Waals surface area contributed by atoms with Crippen LogP contribution in [-0.2, 0) is 4.74 Å². The third kappa shape index (κ3) is 4.92. The van der Waals surface area contributed by atoms with Gasteiger partial charge < -0.3 is 20.3 Å². The molecule has 0 saturated carbocycles. The fourth-order valence-electron chi connectivity index (χ4n) is 3.74. The molecule has 7 nitrogen and oxygen atoms in total. The minimum atomic E-state index is -0.291. The van der Waals surface area contributed by atoms with Crippen LogP contribution < -0.4 is 15.5 Å². The maximum absolute atomic E-state index is 12.6. The summed E-state index contributed by atoms with van der Waals surface area (Å²) in [6, 6.07) is 9.41. The standard InChI is InChI=1S/C22H26N4O3/c27-21(24-15-20-4-3-11-29-20)16-12-17(14-23-13-16)22(28)25-18-5-7-19(8-6-18)26-9-1-2-10-26/h5-8,12-14,20H,1-4,9-11,15H2,(H,24,27)(H,25,28). The van der Waals surface area contributed by atoms with Gasteiger partial charge in [0.25, 0.3) is 11.8 Å². The van der Waals surface area contributed by atoms with Crippen LogP contribution in [0.25, 0.3) is 0 Å². The Morgan fingerprint density at radius 1 is 1.03 bits per heavy atom. The Morgan fingerprint density at radius 2 is 1.76 bits per heavy atom. The van der Waals surface area contributed by atoms with Gasteiger partial charge in [0, 0.05) is 50.0 Å². The molecule has 0 radical (unpaired) electrons. The number of nitrogens with zero attached hydrogens (tertiary/aromatic N) is 2. The second kappa shape index (κ2) is 9.05. The molecular weight excluding hydrogens is 368 g/mol. The van der Waals surface area contributed by atoms with Crippen LogP contribution in [0.2, 0.25) is 0 Å². The number of rotatable bonds is 6. The molecule has 0 bridgehead atoms. The molecule has 0 aliphatic carbocycles. The SMILES string of the molecule is O=C(NCC1CCCO1)c1cncc(C(=O)Nc2ccc(N3CCCC3)cc2)c1. The number of hydrogen-bond acceptors (Lipinski definition) is 5. The second-order valence-corrected chi connectivity index (χ2v) is 7.50. The zero-order valence-corrected chi connectivity index (χ0v) is 16.4. The Balaban J connectivity index is 1.35. The van der Waals surface area contributed by atoms with Gasteiger partial charge in [0.1, 0.15) is 0 Å². The summed E-state index contributed by atoms with van der Waals surface area (Å²) in [5.41, 5.74) is 2.59. The van der Waals surface area contributed by atoms with Gasteiger partial charge in [-0.3, -0.25) is 14.6 Å². The molecule has 7 heteroatoms. The van der Waals surface area contributed by atoms with E-state index < -0.39 is 0 Å². The number of ether oxygens (including phenoxy) is 1. The third-order valence-electron chi connectivity index (χ3n) is 5.37. The highest BCUT2D eigenvalue weighted by Crippen LogP contribution is 2.22. The van der Waals surface area contributed by atoms with Crippen LogP contribution in [0, 0.1) is 0 Å². The van der Waals surface area contributed by atoms with Gasteiger partial charge in [0.2, 0.25) is 0 Å². The van der Waals surface area contributed by atoms with Gasteiger partial charge in [-0.05, 0) is 56.0 Å². The molecule has 2 fully saturated rings. The van der Waals surface area contributed by atoms with Crippen LogP contribution in [0.1, 0.15) is 46.4 Å². The van der Waals surface area contributed by atoms with Crippen LogP contribution in [0.15, 0.2) is 42.7 Å². The molecule has 1 aromatic heterocycles. The van der Waals surface area contributed by atoms with Gasteiger partial charge in [0.05, 0.1) is 17.2 Å². The van der Waals surface area contributed by atoms with E-state index in [1.807, 2.05) is 24.3 Å². The number of pyridine rings is 1. The van der Waals surface area contributed by atoms with Gasteiger partial charge in [-0.15, -0.1) is 0 Å². The van der Waals surface area contributed by atoms with Crippen molar-refractivity contribution in [1.29, 1.82) is 0 Å². The van der Waals surface area contributed by atoms with Crippen molar-refractivity contribution in [1.82, 2.24) is 10.3 Å². The Labute approximate surface area is 170 Å². The van der Waals surface area contributed by atoms with E-state index in [1.165, 1.54) is 30.9 Å². The van der Waals surface area contributed by atoms with Crippen LogP contribution in [0.4, 0.5) is 11.4 Å². The van der Waals surface area contributed by atoms with Crippen molar-refractivity contribution in [2.45, 2.75) is 31.8 Å². The van der Waals surface area contributed by atoms with E-state index in [2.05, 4.69) is 20.5 Å². The zero-order chi connectivity index (χ0) is 20.1. The predicted octanol–water partition coefficient (Wildman–Crippen LogP) is 2.84. The van der Waals surface area contributed by atoms with E-state index in [4.69, 9.17) is 4.74 Å². The molecular formula is C22H26N4O3. The maximum Gasteiger partial charge on any atom is 0.257 e. The number of benzene rings is 1. The highest BCUT2D eigenvalue weighted by atomic mass is 16.5. The number of hydrogen-bond donors (Lipinski definition) is 2. The molecule has 1 aromatic carbocycles. The highest BCUT2D eigenvalue weighted by molar-refractivity contribution is 6.05. The van der Waals surface area contributed by atoms with Crippen molar-refractivity contribution in [3.8, 4) is 0 Å². The minimum Gasteiger partial charge on any atom is -0.376 e. The number of carbonyl (C=O) groups excluding carboxylic acids is 2. The first-order chi connectivity index (χ1) is 14.2. The summed E-state index contributed by atoms with van der Waals surface area (Å²) < 4.78 is 5.51. The molecule has 2 N–H and O–H groups in total. The summed E-state index contributed by atoms with van der Waals surface area (Å²) in [6.07, 6.45) is 7.43. The van der Waals surface area contributed by atoms with Crippen molar-refractivity contribution in [3.05, 3.63) is 53.9 Å². The van der Waals surface area contributed by atoms with E-state index in [0.29, 0.717) is 23.4 Å². The van der Waals surface area contributed by atoms with E-state index in [1.54, 1.807) is 6.07 Å². The molecule has 4 rings (SSSR count). The topological polar surface area (TPSA) is 83.6 Å². The van der Waals surface area contributed by atoms with E-state index in [9.17, 15) is 9.59 Å². The van der Waals surface area contributed by atoms with Gasteiger partial charge in [-0.25, -0.2) is 0 Å². The van der Waals surface area contributed by atoms with Gasteiger partial charge in [-0.2, -0.15) is 0 Å². The van der Waals surface area contributed by atoms with E-state index in [0.717, 1.165) is 32.5 Å². The first-order valence-electron chi connectivity index (χ1n) is 10.2. The summed E-state index contributed by atoms with van der Waals surface area (Å²) in [5, 5.41) is 5.72. The first-order valence-corrected chi connectivity index (χ1v) is 10.2. The molecule has 1 atom stereocenters. The van der Waals surface area contributed by atoms with Crippen molar-refractivity contribution in [2.75, 3.05) is 36.5 Å². The van der Waals surface area contributed by atoms with Crippen molar-refractivity contribution < 1.29 is 14.3 Å². The molecule has 2 aliphatic rings. The summed E-state index contributed by atoms with van der Waals surface area (Å²) in [5.74, 6) is -0.544. The van der Waals surface area contributed by atoms with Gasteiger partial charge >= 0.3 is 0 Å². The molecule has 2 saturated heterocycles. The summed E-state index contributed by atoms with van der Waals surface area (Å²) in [7, 11) is 0. The van der Waals surface area contributed by atoms with E-state index >= 15 is 0 Å². The normalized spacial score (nSPS) is 18.6. The Morgan fingerprint density at radius 3 is 2.45 bits per heavy atom. The maximum atomic E-state index is 12.6. The predicted molar refractivity (Wildman–Crippen MR) is 111 cm³/mol. The van der Waals surface area contributed by atoms with Gasteiger partial charge in [0.15, 0.2) is 0 Å². The van der Waals surface area contributed by atoms with Crippen molar-refractivity contribution >= 4 is 23.2 Å². The minimum absolute atomic E-state index is 0.0712. The second-order valence-electron chi connectivity index (χ2n) is 7.50. The smallest absolute Gasteiger partial charge is 0.257 e. The van der Waals surface area contributed by atoms with Crippen LogP contribution in [0.3, 0.4) is 0 Å². The fraction of sp³-hybridized carbons (Fsp3) is 0.409. The Kier molecular flexibility index (Phi) is 6.05. The summed E-state index contributed by atoms with van der Waals surface area (Å²) >= 11 is 0. The number of aromatic nitrogens is 1. The molecule has 0 spiro atoms. The van der Waals surface area contributed by atoms with E-state index in [-0.39, 0.29) is 17.9 Å². The first kappa shape index (κ1) is 19.4. The fourth-order valence-corrected chi connectivity index (χ4v) is 3.74. The molecule has 2 aliphatic heterocycles. The molecule has 29 heavy (non-hydrogen) atoms. The lowest BCUT2D eigenvalue weighted by molar-refractivity contribution is 0.0857. The zero-order valence-electron chi connectivity index (χ0n) is 16.4. The number of anilines is 2. The average molecular weight is 394 g/mol. The third-order valence-corrected chi connectivity index (χ3v) is 5.37. The molecule has 1 unspecified atom stereocenters. The number of amides is 2. The van der Waals surface area contributed by atoms with Gasteiger partial charge in [-0.1, -0.05) is 0 Å². The van der Waals surface area contributed by atoms with Crippen LogP contribution in [0.5, 0.6) is 0 Å². The summed E-state index contributed by atoms with van der Waals surface area (Å²) in [4.78, 5) is 31.3. The molecule has 2 amide bonds.